The van der Waals surface area contributed by atoms with Gasteiger partial charge in [0.25, 0.3) is 5.56 Å². The Bertz CT molecular complexity index is 1880. The zero-order valence-electron chi connectivity index (χ0n) is 21.7. The molecule has 1 atom stereocenters. The van der Waals surface area contributed by atoms with Crippen LogP contribution in [0.2, 0.25) is 0 Å². The van der Waals surface area contributed by atoms with Gasteiger partial charge in [-0.1, -0.05) is 48.0 Å². The van der Waals surface area contributed by atoms with Crippen molar-refractivity contribution in [1.29, 1.82) is 0 Å². The standard InChI is InChI=1S/C31H25N5O4/c1-18-7-9-22-21(15-18)29(19-5-3-2-4-6-19)30(31(40)34-22)25-17-26(36(35-25)27(37)11-12-28(38)39)20-8-10-23-24(16-20)33-14-13-32-23/h2-10,13-16,26H,11-12,17H2,1H3,(H,34,40)(H,38,39)/t26-/m1/s1. The van der Waals surface area contributed by atoms with Gasteiger partial charge >= 0.3 is 5.97 Å². The van der Waals surface area contributed by atoms with Gasteiger partial charge in [-0.25, -0.2) is 5.01 Å². The van der Waals surface area contributed by atoms with E-state index in [9.17, 15) is 19.5 Å². The molecule has 1 aliphatic heterocycles. The fraction of sp³-hybridized carbons (Fsp3) is 0.161. The second-order valence-electron chi connectivity index (χ2n) is 9.82. The van der Waals surface area contributed by atoms with Crippen LogP contribution in [-0.2, 0) is 9.59 Å². The summed E-state index contributed by atoms with van der Waals surface area (Å²) in [5.74, 6) is -1.50. The Morgan fingerprint density at radius 1 is 0.950 bits per heavy atom. The molecular weight excluding hydrogens is 506 g/mol. The van der Waals surface area contributed by atoms with Gasteiger partial charge in [-0.15, -0.1) is 0 Å². The monoisotopic (exact) mass is 531 g/mol. The molecule has 0 unspecified atom stereocenters. The van der Waals surface area contributed by atoms with E-state index in [1.54, 1.807) is 12.4 Å². The minimum atomic E-state index is -1.07. The van der Waals surface area contributed by atoms with E-state index in [0.29, 0.717) is 27.8 Å². The second kappa shape index (κ2) is 10.2. The fourth-order valence-corrected chi connectivity index (χ4v) is 5.25. The molecule has 2 N–H and O–H groups in total. The number of aromatic amines is 1. The van der Waals surface area contributed by atoms with Crippen molar-refractivity contribution >= 4 is 39.5 Å². The summed E-state index contributed by atoms with van der Waals surface area (Å²) in [7, 11) is 0. The van der Waals surface area contributed by atoms with Gasteiger partial charge in [-0.3, -0.25) is 24.4 Å². The largest absolute Gasteiger partial charge is 0.481 e. The first-order valence-electron chi connectivity index (χ1n) is 12.9. The lowest BCUT2D eigenvalue weighted by molar-refractivity contribution is -0.141. The van der Waals surface area contributed by atoms with Gasteiger partial charge in [0, 0.05) is 41.7 Å². The Morgan fingerprint density at radius 2 is 1.73 bits per heavy atom. The fourth-order valence-electron chi connectivity index (χ4n) is 5.25. The molecule has 1 amide bonds. The number of aryl methyl sites for hydroxylation is 1. The van der Waals surface area contributed by atoms with E-state index in [1.165, 1.54) is 5.01 Å². The van der Waals surface area contributed by atoms with Crippen molar-refractivity contribution in [3.05, 3.63) is 106 Å². The highest BCUT2D eigenvalue weighted by Crippen LogP contribution is 2.38. The van der Waals surface area contributed by atoms with Gasteiger partial charge < -0.3 is 10.1 Å². The number of pyridine rings is 1. The van der Waals surface area contributed by atoms with Crippen LogP contribution in [0.15, 0.2) is 89.0 Å². The second-order valence-corrected chi connectivity index (χ2v) is 9.82. The third-order valence-corrected chi connectivity index (χ3v) is 7.12. The molecule has 5 aromatic rings. The van der Waals surface area contributed by atoms with Crippen molar-refractivity contribution in [3.8, 4) is 11.1 Å². The zero-order chi connectivity index (χ0) is 27.8. The van der Waals surface area contributed by atoms with E-state index in [4.69, 9.17) is 5.10 Å². The van der Waals surface area contributed by atoms with Gasteiger partial charge in [0.15, 0.2) is 0 Å². The Kier molecular flexibility index (Phi) is 6.39. The van der Waals surface area contributed by atoms with E-state index < -0.39 is 17.9 Å². The number of hydrogen-bond acceptors (Lipinski definition) is 6. The van der Waals surface area contributed by atoms with Crippen LogP contribution in [0.1, 0.15) is 42.0 Å². The predicted molar refractivity (Wildman–Crippen MR) is 152 cm³/mol. The number of carbonyl (C=O) groups excluding carboxylic acids is 1. The number of nitrogens with one attached hydrogen (secondary N) is 1. The van der Waals surface area contributed by atoms with Crippen LogP contribution in [0, 0.1) is 6.92 Å². The smallest absolute Gasteiger partial charge is 0.303 e. The Balaban J connectivity index is 1.53. The average Bonchev–Trinajstić information content (AvgIpc) is 3.41. The molecule has 9 heteroatoms. The molecule has 9 nitrogen and oxygen atoms in total. The highest BCUT2D eigenvalue weighted by molar-refractivity contribution is 6.13. The zero-order valence-corrected chi connectivity index (χ0v) is 21.7. The number of aliphatic carboxylic acids is 1. The normalized spacial score (nSPS) is 15.0. The molecule has 0 spiro atoms. The molecule has 198 valence electrons. The van der Waals surface area contributed by atoms with Crippen LogP contribution in [0.25, 0.3) is 33.1 Å². The maximum Gasteiger partial charge on any atom is 0.303 e. The average molecular weight is 532 g/mol. The summed E-state index contributed by atoms with van der Waals surface area (Å²) in [6.45, 7) is 1.99. The summed E-state index contributed by atoms with van der Waals surface area (Å²) in [5.41, 5.74) is 6.02. The molecule has 40 heavy (non-hydrogen) atoms. The number of amides is 1. The first-order valence-corrected chi connectivity index (χ1v) is 12.9. The van der Waals surface area contributed by atoms with E-state index in [-0.39, 0.29) is 24.8 Å². The molecule has 3 aromatic carbocycles. The van der Waals surface area contributed by atoms with Crippen molar-refractivity contribution in [2.75, 3.05) is 0 Å². The van der Waals surface area contributed by atoms with Gasteiger partial charge in [-0.2, -0.15) is 5.10 Å². The molecule has 6 rings (SSSR count). The number of benzene rings is 3. The van der Waals surface area contributed by atoms with Crippen LogP contribution in [0.3, 0.4) is 0 Å². The Labute approximate surface area is 228 Å². The third-order valence-electron chi connectivity index (χ3n) is 7.12. The summed E-state index contributed by atoms with van der Waals surface area (Å²) in [5, 5.41) is 16.1. The van der Waals surface area contributed by atoms with Crippen LogP contribution in [0.4, 0.5) is 0 Å². The van der Waals surface area contributed by atoms with Gasteiger partial charge in [0.2, 0.25) is 5.91 Å². The summed E-state index contributed by atoms with van der Waals surface area (Å²) >= 11 is 0. The summed E-state index contributed by atoms with van der Waals surface area (Å²) in [4.78, 5) is 49.9. The van der Waals surface area contributed by atoms with E-state index in [1.807, 2.05) is 73.7 Å². The van der Waals surface area contributed by atoms with E-state index >= 15 is 0 Å². The van der Waals surface area contributed by atoms with E-state index in [0.717, 1.165) is 27.6 Å². The number of hydrogen-bond donors (Lipinski definition) is 2. The molecule has 0 fully saturated rings. The summed E-state index contributed by atoms with van der Waals surface area (Å²) in [6, 6.07) is 20.5. The van der Waals surface area contributed by atoms with Crippen molar-refractivity contribution in [2.24, 2.45) is 5.10 Å². The Hall–Kier alpha value is -5.18. The molecule has 2 aromatic heterocycles. The van der Waals surface area contributed by atoms with Crippen LogP contribution >= 0.6 is 0 Å². The number of carboxylic acids is 1. The quantitative estimate of drug-likeness (QED) is 0.318. The van der Waals surface area contributed by atoms with Crippen molar-refractivity contribution < 1.29 is 14.7 Å². The number of hydrazone groups is 1. The lowest BCUT2D eigenvalue weighted by Crippen LogP contribution is -2.27. The third kappa shape index (κ3) is 4.62. The van der Waals surface area contributed by atoms with Crippen molar-refractivity contribution in [1.82, 2.24) is 20.0 Å². The molecule has 1 aliphatic rings. The molecule has 0 saturated heterocycles. The number of aromatic nitrogens is 3. The lowest BCUT2D eigenvalue weighted by Gasteiger charge is -2.22. The SMILES string of the molecule is Cc1ccc2[nH]c(=O)c(C3=NN(C(=O)CCC(=O)O)[C@@H](c4ccc5nccnc5c4)C3)c(-c3ccccc3)c2c1. The summed E-state index contributed by atoms with van der Waals surface area (Å²) in [6.07, 6.45) is 2.95. The Morgan fingerprint density at radius 3 is 2.50 bits per heavy atom. The maximum absolute atomic E-state index is 13.7. The van der Waals surface area contributed by atoms with Gasteiger partial charge in [-0.05, 0) is 42.3 Å². The lowest BCUT2D eigenvalue weighted by atomic mass is 9.90. The number of rotatable bonds is 6. The van der Waals surface area contributed by atoms with Crippen LogP contribution in [0.5, 0.6) is 0 Å². The first-order chi connectivity index (χ1) is 19.4. The number of nitrogens with zero attached hydrogens (tertiary/aromatic N) is 4. The molecule has 0 radical (unpaired) electrons. The summed E-state index contributed by atoms with van der Waals surface area (Å²) < 4.78 is 0. The number of carboxylic acid groups (broad SMARTS) is 1. The highest BCUT2D eigenvalue weighted by atomic mass is 16.4. The molecular formula is C31H25N5O4. The van der Waals surface area contributed by atoms with Crippen molar-refractivity contribution in [3.63, 3.8) is 0 Å². The number of fused-ring (bicyclic) bond motifs is 2. The van der Waals surface area contributed by atoms with Gasteiger partial charge in [0.1, 0.15) is 0 Å². The first kappa shape index (κ1) is 25.1. The topological polar surface area (TPSA) is 129 Å². The number of H-pyrrole nitrogens is 1. The molecule has 0 bridgehead atoms. The molecule has 0 aliphatic carbocycles. The predicted octanol–water partition coefficient (Wildman–Crippen LogP) is 4.99. The number of carbonyl (C=O) groups is 2. The van der Waals surface area contributed by atoms with Crippen LogP contribution < -0.4 is 5.56 Å². The highest BCUT2D eigenvalue weighted by Gasteiger charge is 2.35. The molecule has 0 saturated carbocycles. The van der Waals surface area contributed by atoms with E-state index in [2.05, 4.69) is 15.0 Å². The minimum Gasteiger partial charge on any atom is -0.481 e. The minimum absolute atomic E-state index is 0.213. The van der Waals surface area contributed by atoms with Crippen molar-refractivity contribution in [2.45, 2.75) is 32.2 Å². The molecule has 3 heterocycles. The maximum atomic E-state index is 13.7. The van der Waals surface area contributed by atoms with Crippen LogP contribution in [-0.4, -0.2) is 42.7 Å². The van der Waals surface area contributed by atoms with Gasteiger partial charge in [0.05, 0.1) is 34.8 Å².